The first-order chi connectivity index (χ1) is 6.45. The number of benzene rings is 1. The quantitative estimate of drug-likeness (QED) is 0.774. The molecule has 0 fully saturated rings. The molecule has 1 aromatic carbocycles. The van der Waals surface area contributed by atoms with Crippen LogP contribution in [0.3, 0.4) is 0 Å². The minimum Gasteiger partial charge on any atom is -0.321 e. The van der Waals surface area contributed by atoms with Crippen LogP contribution in [0.4, 0.5) is 0 Å². The maximum absolute atomic E-state index is 8.67. The van der Waals surface area contributed by atoms with Crippen LogP contribution in [0.2, 0.25) is 0 Å². The Hall–Kier alpha value is -1.33. The van der Waals surface area contributed by atoms with Gasteiger partial charge in [0.15, 0.2) is 0 Å². The second kappa shape index (κ2) is 3.81. The zero-order chi connectivity index (χ0) is 10.8. The Labute approximate surface area is 85.4 Å². The van der Waals surface area contributed by atoms with E-state index in [-0.39, 0.29) is 0 Å². The summed E-state index contributed by atoms with van der Waals surface area (Å²) in [4.78, 5) is 0. The van der Waals surface area contributed by atoms with Gasteiger partial charge in [-0.1, -0.05) is 29.3 Å². The van der Waals surface area contributed by atoms with Gasteiger partial charge in [0, 0.05) is 0 Å². The standard InChI is InChI=1S/C12H16N2/c1-9-6-10(2)8-11(7-9)12(3,14)4-5-13/h6-8H,4,14H2,1-3H3/t12-/m0/s1. The molecule has 0 saturated carbocycles. The number of nitrogens with zero attached hydrogens (tertiary/aromatic N) is 1. The van der Waals surface area contributed by atoms with Gasteiger partial charge in [-0.25, -0.2) is 0 Å². The van der Waals surface area contributed by atoms with Crippen LogP contribution in [0, 0.1) is 25.2 Å². The van der Waals surface area contributed by atoms with Gasteiger partial charge in [-0.2, -0.15) is 5.26 Å². The van der Waals surface area contributed by atoms with Crippen molar-refractivity contribution in [3.63, 3.8) is 0 Å². The first kappa shape index (κ1) is 10.7. The number of aryl methyl sites for hydroxylation is 2. The molecule has 0 aliphatic heterocycles. The average Bonchev–Trinajstić information content (AvgIpc) is 2.02. The summed E-state index contributed by atoms with van der Waals surface area (Å²) in [7, 11) is 0. The third kappa shape index (κ3) is 2.34. The van der Waals surface area contributed by atoms with Gasteiger partial charge in [0.2, 0.25) is 0 Å². The van der Waals surface area contributed by atoms with Gasteiger partial charge in [0.05, 0.1) is 18.0 Å². The minimum atomic E-state index is -0.536. The molecule has 0 aliphatic rings. The van der Waals surface area contributed by atoms with Gasteiger partial charge in [-0.05, 0) is 26.3 Å². The molecule has 0 aliphatic carbocycles. The van der Waals surface area contributed by atoms with Crippen molar-refractivity contribution in [1.82, 2.24) is 0 Å². The summed E-state index contributed by atoms with van der Waals surface area (Å²) in [5.41, 5.74) is 8.95. The molecule has 2 N–H and O–H groups in total. The Balaban J connectivity index is 3.13. The molecule has 0 heterocycles. The molecule has 0 radical (unpaired) electrons. The molecule has 0 bridgehead atoms. The highest BCUT2D eigenvalue weighted by atomic mass is 14.7. The van der Waals surface area contributed by atoms with Crippen LogP contribution in [0.15, 0.2) is 18.2 Å². The van der Waals surface area contributed by atoms with Crippen LogP contribution in [-0.4, -0.2) is 0 Å². The number of hydrogen-bond acceptors (Lipinski definition) is 2. The molecule has 1 atom stereocenters. The SMILES string of the molecule is Cc1cc(C)cc([C@@](C)(N)CC#N)c1. The van der Waals surface area contributed by atoms with Crippen LogP contribution in [0.25, 0.3) is 0 Å². The molecule has 0 aromatic heterocycles. The fourth-order valence-electron chi connectivity index (χ4n) is 1.57. The van der Waals surface area contributed by atoms with Crippen molar-refractivity contribution in [3.8, 4) is 6.07 Å². The molecule has 74 valence electrons. The van der Waals surface area contributed by atoms with E-state index in [0.29, 0.717) is 6.42 Å². The molecule has 2 nitrogen and oxygen atoms in total. The fraction of sp³-hybridized carbons (Fsp3) is 0.417. The number of rotatable bonds is 2. The van der Waals surface area contributed by atoms with E-state index in [0.717, 1.165) is 5.56 Å². The molecule has 0 unspecified atom stereocenters. The van der Waals surface area contributed by atoms with Crippen molar-refractivity contribution in [3.05, 3.63) is 34.9 Å². The van der Waals surface area contributed by atoms with Gasteiger partial charge >= 0.3 is 0 Å². The lowest BCUT2D eigenvalue weighted by atomic mass is 9.88. The van der Waals surface area contributed by atoms with E-state index in [9.17, 15) is 0 Å². The third-order valence-electron chi connectivity index (χ3n) is 2.33. The Kier molecular flexibility index (Phi) is 2.93. The van der Waals surface area contributed by atoms with Crippen LogP contribution >= 0.6 is 0 Å². The summed E-state index contributed by atoms with van der Waals surface area (Å²) in [5.74, 6) is 0. The van der Waals surface area contributed by atoms with E-state index < -0.39 is 5.54 Å². The number of nitrogens with two attached hydrogens (primary N) is 1. The lowest BCUT2D eigenvalue weighted by Gasteiger charge is -2.22. The average molecular weight is 188 g/mol. The Morgan fingerprint density at radius 3 is 2.21 bits per heavy atom. The maximum atomic E-state index is 8.67. The van der Waals surface area contributed by atoms with Crippen LogP contribution in [0.5, 0.6) is 0 Å². The van der Waals surface area contributed by atoms with Gasteiger partial charge in [0.1, 0.15) is 0 Å². The predicted octanol–water partition coefficient (Wildman–Crippen LogP) is 2.39. The Morgan fingerprint density at radius 2 is 1.79 bits per heavy atom. The second-order valence-corrected chi connectivity index (χ2v) is 4.13. The first-order valence-electron chi connectivity index (χ1n) is 4.70. The highest BCUT2D eigenvalue weighted by molar-refractivity contribution is 5.33. The van der Waals surface area contributed by atoms with Gasteiger partial charge in [-0.15, -0.1) is 0 Å². The minimum absolute atomic E-state index is 0.343. The molecule has 1 aromatic rings. The lowest BCUT2D eigenvalue weighted by Crippen LogP contribution is -2.32. The summed E-state index contributed by atoms with van der Waals surface area (Å²) >= 11 is 0. The fourth-order valence-corrected chi connectivity index (χ4v) is 1.57. The Morgan fingerprint density at radius 1 is 1.29 bits per heavy atom. The molecular weight excluding hydrogens is 172 g/mol. The molecular formula is C12H16N2. The molecule has 1 rings (SSSR count). The van der Waals surface area contributed by atoms with Crippen LogP contribution in [0.1, 0.15) is 30.0 Å². The summed E-state index contributed by atoms with van der Waals surface area (Å²) in [6, 6.07) is 8.32. The topological polar surface area (TPSA) is 49.8 Å². The molecule has 0 spiro atoms. The van der Waals surface area contributed by atoms with Crippen molar-refractivity contribution in [1.29, 1.82) is 5.26 Å². The van der Waals surface area contributed by atoms with Crippen LogP contribution in [-0.2, 0) is 5.54 Å². The maximum Gasteiger partial charge on any atom is 0.0644 e. The van der Waals surface area contributed by atoms with E-state index >= 15 is 0 Å². The summed E-state index contributed by atoms with van der Waals surface area (Å²) in [6.07, 6.45) is 0.343. The Bertz CT molecular complexity index is 352. The largest absolute Gasteiger partial charge is 0.321 e. The van der Waals surface area contributed by atoms with E-state index in [1.54, 1.807) is 0 Å². The van der Waals surface area contributed by atoms with Gasteiger partial charge in [0.25, 0.3) is 0 Å². The van der Waals surface area contributed by atoms with E-state index in [2.05, 4.69) is 12.1 Å². The summed E-state index contributed by atoms with van der Waals surface area (Å²) < 4.78 is 0. The zero-order valence-corrected chi connectivity index (χ0v) is 8.96. The second-order valence-electron chi connectivity index (χ2n) is 4.13. The number of hydrogen-bond donors (Lipinski definition) is 1. The molecule has 14 heavy (non-hydrogen) atoms. The third-order valence-corrected chi connectivity index (χ3v) is 2.33. The highest BCUT2D eigenvalue weighted by Crippen LogP contribution is 2.23. The van der Waals surface area contributed by atoms with Crippen molar-refractivity contribution in [2.24, 2.45) is 5.73 Å². The lowest BCUT2D eigenvalue weighted by molar-refractivity contribution is 0.507. The zero-order valence-electron chi connectivity index (χ0n) is 8.96. The highest BCUT2D eigenvalue weighted by Gasteiger charge is 2.20. The van der Waals surface area contributed by atoms with Crippen LogP contribution < -0.4 is 5.73 Å². The van der Waals surface area contributed by atoms with Crippen molar-refractivity contribution >= 4 is 0 Å². The van der Waals surface area contributed by atoms with Crippen molar-refractivity contribution in [2.45, 2.75) is 32.7 Å². The molecule has 2 heteroatoms. The van der Waals surface area contributed by atoms with E-state index in [4.69, 9.17) is 11.0 Å². The summed E-state index contributed by atoms with van der Waals surface area (Å²) in [5, 5.41) is 8.67. The van der Waals surface area contributed by atoms with Crippen molar-refractivity contribution < 1.29 is 0 Å². The number of nitriles is 1. The van der Waals surface area contributed by atoms with Crippen molar-refractivity contribution in [2.75, 3.05) is 0 Å². The van der Waals surface area contributed by atoms with Gasteiger partial charge in [-0.3, -0.25) is 0 Å². The monoisotopic (exact) mass is 188 g/mol. The molecule has 0 amide bonds. The predicted molar refractivity (Wildman–Crippen MR) is 57.7 cm³/mol. The van der Waals surface area contributed by atoms with E-state index in [1.165, 1.54) is 11.1 Å². The normalized spacial score (nSPS) is 14.5. The summed E-state index contributed by atoms with van der Waals surface area (Å²) in [6.45, 7) is 5.97. The van der Waals surface area contributed by atoms with E-state index in [1.807, 2.05) is 32.9 Å². The first-order valence-corrected chi connectivity index (χ1v) is 4.70. The van der Waals surface area contributed by atoms with Gasteiger partial charge < -0.3 is 5.73 Å². The molecule has 0 saturated heterocycles. The smallest absolute Gasteiger partial charge is 0.0644 e.